The van der Waals surface area contributed by atoms with Crippen LogP contribution in [0.2, 0.25) is 0 Å². The van der Waals surface area contributed by atoms with Crippen LogP contribution < -0.4 is 25.4 Å². The van der Waals surface area contributed by atoms with E-state index in [4.69, 9.17) is 9.47 Å². The number of halogens is 2. The van der Waals surface area contributed by atoms with Crippen LogP contribution in [0.5, 0.6) is 11.5 Å². The Morgan fingerprint density at radius 1 is 1.03 bits per heavy atom. The molecule has 154 valence electrons. The first-order valence-corrected chi connectivity index (χ1v) is 9.63. The van der Waals surface area contributed by atoms with Crippen molar-refractivity contribution in [2.24, 2.45) is 0 Å². The van der Waals surface area contributed by atoms with Gasteiger partial charge in [0, 0.05) is 29.9 Å². The van der Waals surface area contributed by atoms with Crippen molar-refractivity contribution in [2.75, 3.05) is 22.7 Å². The summed E-state index contributed by atoms with van der Waals surface area (Å²) < 4.78 is 38.7. The lowest BCUT2D eigenvalue weighted by Crippen LogP contribution is -2.11. The molecule has 0 unspecified atom stereocenters. The smallest absolute Gasteiger partial charge is 0.231 e. The minimum absolute atomic E-state index is 0.0485. The zero-order valence-corrected chi connectivity index (χ0v) is 15.9. The molecule has 2 aliphatic rings. The minimum atomic E-state index is -0.610. The van der Waals surface area contributed by atoms with Crippen LogP contribution in [0.15, 0.2) is 42.6 Å². The van der Waals surface area contributed by atoms with E-state index in [2.05, 4.69) is 25.9 Å². The third kappa shape index (κ3) is 3.91. The van der Waals surface area contributed by atoms with Gasteiger partial charge in [0.2, 0.25) is 12.7 Å². The van der Waals surface area contributed by atoms with Crippen molar-refractivity contribution >= 4 is 23.1 Å². The summed E-state index contributed by atoms with van der Waals surface area (Å²) in [5.74, 6) is 1.05. The number of benzene rings is 2. The van der Waals surface area contributed by atoms with Gasteiger partial charge in [-0.3, -0.25) is 0 Å². The van der Waals surface area contributed by atoms with E-state index in [9.17, 15) is 8.78 Å². The van der Waals surface area contributed by atoms with E-state index in [1.807, 2.05) is 6.07 Å². The Morgan fingerprint density at radius 3 is 2.63 bits per heavy atom. The number of hydrogen-bond acceptors (Lipinski definition) is 7. The number of rotatable bonds is 7. The van der Waals surface area contributed by atoms with Crippen molar-refractivity contribution in [3.05, 3.63) is 59.8 Å². The Labute approximate surface area is 171 Å². The van der Waals surface area contributed by atoms with Crippen LogP contribution in [0.1, 0.15) is 18.4 Å². The molecule has 3 N–H and O–H groups in total. The number of hydrogen-bond donors (Lipinski definition) is 3. The molecule has 5 rings (SSSR count). The first-order chi connectivity index (χ1) is 14.7. The van der Waals surface area contributed by atoms with Gasteiger partial charge in [0.15, 0.2) is 17.3 Å². The summed E-state index contributed by atoms with van der Waals surface area (Å²) in [4.78, 5) is 8.86. The van der Waals surface area contributed by atoms with Gasteiger partial charge < -0.3 is 25.4 Å². The second kappa shape index (κ2) is 7.66. The van der Waals surface area contributed by atoms with Crippen molar-refractivity contribution in [2.45, 2.75) is 25.4 Å². The molecule has 30 heavy (non-hydrogen) atoms. The highest BCUT2D eigenvalue weighted by molar-refractivity contribution is 5.72. The van der Waals surface area contributed by atoms with Crippen molar-refractivity contribution in [3.8, 4) is 11.5 Å². The van der Waals surface area contributed by atoms with Gasteiger partial charge in [0.25, 0.3) is 0 Å². The topological polar surface area (TPSA) is 80.3 Å². The second-order valence-corrected chi connectivity index (χ2v) is 7.12. The monoisotopic (exact) mass is 411 g/mol. The molecule has 2 aromatic carbocycles. The zero-order valence-electron chi connectivity index (χ0n) is 15.9. The first-order valence-electron chi connectivity index (χ1n) is 9.63. The van der Waals surface area contributed by atoms with Crippen LogP contribution in [-0.2, 0) is 6.54 Å². The zero-order chi connectivity index (χ0) is 20.5. The molecule has 0 saturated heterocycles. The molecule has 0 atom stereocenters. The maximum absolute atomic E-state index is 14.0. The summed E-state index contributed by atoms with van der Waals surface area (Å²) >= 11 is 0. The third-order valence-electron chi connectivity index (χ3n) is 4.85. The largest absolute Gasteiger partial charge is 0.454 e. The summed E-state index contributed by atoms with van der Waals surface area (Å²) in [7, 11) is 0. The van der Waals surface area contributed by atoms with E-state index in [0.717, 1.165) is 18.5 Å². The maximum atomic E-state index is 14.0. The Kier molecular flexibility index (Phi) is 4.70. The standard InChI is InChI=1S/C21H19F2N5O2/c22-15-2-1-3-16(23)14(15)9-24-17-10-25-21(27-12-4-5-12)28-20(17)26-13-6-7-18-19(8-13)30-11-29-18/h1-3,6-8,10,12,24H,4-5,9,11H2,(H2,25,26,27,28). The molecule has 7 nitrogen and oxygen atoms in total. The van der Waals surface area contributed by atoms with Crippen LogP contribution in [0.4, 0.5) is 31.9 Å². The highest BCUT2D eigenvalue weighted by Crippen LogP contribution is 2.36. The summed E-state index contributed by atoms with van der Waals surface area (Å²) in [6.07, 6.45) is 3.76. The SMILES string of the molecule is Fc1cccc(F)c1CNc1cnc(NC2CC2)nc1Nc1ccc2c(c1)OCO2. The molecule has 0 spiro atoms. The lowest BCUT2D eigenvalue weighted by atomic mass is 10.2. The van der Waals surface area contributed by atoms with E-state index in [1.165, 1.54) is 18.2 Å². The van der Waals surface area contributed by atoms with Gasteiger partial charge in [0.1, 0.15) is 11.6 Å². The molecule has 1 saturated carbocycles. The number of nitrogens with zero attached hydrogens (tertiary/aromatic N) is 2. The molecular formula is C21H19F2N5O2. The van der Waals surface area contributed by atoms with Gasteiger partial charge in [-0.05, 0) is 37.1 Å². The van der Waals surface area contributed by atoms with Crippen molar-refractivity contribution in [3.63, 3.8) is 0 Å². The molecule has 0 amide bonds. The van der Waals surface area contributed by atoms with Crippen LogP contribution in [-0.4, -0.2) is 22.8 Å². The van der Waals surface area contributed by atoms with E-state index < -0.39 is 11.6 Å². The van der Waals surface area contributed by atoms with E-state index in [-0.39, 0.29) is 18.9 Å². The van der Waals surface area contributed by atoms with Crippen LogP contribution in [0, 0.1) is 11.6 Å². The highest BCUT2D eigenvalue weighted by atomic mass is 19.1. The Morgan fingerprint density at radius 2 is 1.83 bits per heavy atom. The average Bonchev–Trinajstić information content (AvgIpc) is 3.42. The fraction of sp³-hybridized carbons (Fsp3) is 0.238. The summed E-state index contributed by atoms with van der Waals surface area (Å²) in [5.41, 5.74) is 1.19. The molecule has 0 radical (unpaired) electrons. The van der Waals surface area contributed by atoms with Gasteiger partial charge in [-0.15, -0.1) is 0 Å². The lowest BCUT2D eigenvalue weighted by molar-refractivity contribution is 0.174. The predicted octanol–water partition coefficient (Wildman–Crippen LogP) is 4.41. The van der Waals surface area contributed by atoms with E-state index >= 15 is 0 Å². The maximum Gasteiger partial charge on any atom is 0.231 e. The molecule has 9 heteroatoms. The highest BCUT2D eigenvalue weighted by Gasteiger charge is 2.22. The number of fused-ring (bicyclic) bond motifs is 1. The molecule has 1 aliphatic heterocycles. The Hall–Kier alpha value is -3.62. The number of anilines is 4. The molecule has 0 bridgehead atoms. The molecule has 2 heterocycles. The molecule has 1 aliphatic carbocycles. The Bertz CT molecular complexity index is 1070. The van der Waals surface area contributed by atoms with Crippen molar-refractivity contribution < 1.29 is 18.3 Å². The summed E-state index contributed by atoms with van der Waals surface area (Å²) in [6, 6.07) is 9.62. The van der Waals surface area contributed by atoms with Crippen LogP contribution >= 0.6 is 0 Å². The van der Waals surface area contributed by atoms with Gasteiger partial charge in [0.05, 0.1) is 11.9 Å². The van der Waals surface area contributed by atoms with Gasteiger partial charge >= 0.3 is 0 Å². The summed E-state index contributed by atoms with van der Waals surface area (Å²) in [6.45, 7) is 0.135. The van der Waals surface area contributed by atoms with Gasteiger partial charge in [-0.25, -0.2) is 13.8 Å². The van der Waals surface area contributed by atoms with E-state index in [1.54, 1.807) is 18.3 Å². The second-order valence-electron chi connectivity index (χ2n) is 7.12. The van der Waals surface area contributed by atoms with Crippen molar-refractivity contribution in [1.82, 2.24) is 9.97 Å². The number of ether oxygens (including phenoxy) is 2. The fourth-order valence-electron chi connectivity index (χ4n) is 3.08. The molecule has 1 fully saturated rings. The molecule has 1 aromatic heterocycles. The first kappa shape index (κ1) is 18.4. The van der Waals surface area contributed by atoms with Crippen LogP contribution in [0.3, 0.4) is 0 Å². The fourth-order valence-corrected chi connectivity index (χ4v) is 3.08. The van der Waals surface area contributed by atoms with Crippen LogP contribution in [0.25, 0.3) is 0 Å². The van der Waals surface area contributed by atoms with E-state index in [0.29, 0.717) is 35.0 Å². The van der Waals surface area contributed by atoms with Crippen molar-refractivity contribution in [1.29, 1.82) is 0 Å². The van der Waals surface area contributed by atoms with Gasteiger partial charge in [-0.2, -0.15) is 4.98 Å². The van der Waals surface area contributed by atoms with Gasteiger partial charge in [-0.1, -0.05) is 6.07 Å². The molecular weight excluding hydrogens is 392 g/mol. The third-order valence-corrected chi connectivity index (χ3v) is 4.85. The number of aromatic nitrogens is 2. The lowest BCUT2D eigenvalue weighted by Gasteiger charge is -2.15. The average molecular weight is 411 g/mol. The summed E-state index contributed by atoms with van der Waals surface area (Å²) in [5, 5.41) is 9.50. The molecule has 3 aromatic rings. The normalized spacial score (nSPS) is 14.5. The number of nitrogens with one attached hydrogen (secondary N) is 3. The quantitative estimate of drug-likeness (QED) is 0.531. The predicted molar refractivity (Wildman–Crippen MR) is 108 cm³/mol. The minimum Gasteiger partial charge on any atom is -0.454 e. The Balaban J connectivity index is 1.41.